The summed E-state index contributed by atoms with van der Waals surface area (Å²) in [5.74, 6) is -0.512. The van der Waals surface area contributed by atoms with Gasteiger partial charge in [-0.15, -0.1) is 0 Å². The molecule has 27 heavy (non-hydrogen) atoms. The van der Waals surface area contributed by atoms with Crippen molar-refractivity contribution in [2.75, 3.05) is 20.3 Å². The molecule has 0 saturated carbocycles. The third-order valence-corrected chi connectivity index (χ3v) is 5.09. The molecule has 1 saturated heterocycles. The second-order valence-corrected chi connectivity index (χ2v) is 8.11. The van der Waals surface area contributed by atoms with Crippen LogP contribution in [0, 0.1) is 5.41 Å². The number of carbonyl (C=O) groups is 2. The summed E-state index contributed by atoms with van der Waals surface area (Å²) in [6.07, 6.45) is 1.74. The topological polar surface area (TPSA) is 76.1 Å². The number of Topliss-reactive ketones (excluding diaryl/α,β-unsaturated/α-hetero) is 1. The molecule has 0 bridgehead atoms. The van der Waals surface area contributed by atoms with Gasteiger partial charge in [-0.2, -0.15) is 0 Å². The molecule has 2 aliphatic heterocycles. The first-order chi connectivity index (χ1) is 12.7. The lowest BCUT2D eigenvalue weighted by atomic mass is 9.82. The fourth-order valence-corrected chi connectivity index (χ4v) is 3.62. The molecule has 1 aromatic rings. The molecule has 2 aliphatic rings. The molecular weight excluding hydrogens is 346 g/mol. The van der Waals surface area contributed by atoms with Crippen LogP contribution in [0.15, 0.2) is 35.6 Å². The summed E-state index contributed by atoms with van der Waals surface area (Å²) in [6, 6.07) is 6.61. The van der Waals surface area contributed by atoms with Gasteiger partial charge in [-0.05, 0) is 30.5 Å². The molecule has 1 aromatic carbocycles. The number of ether oxygens (including phenoxy) is 2. The molecular formula is C21H27NO5. The van der Waals surface area contributed by atoms with Crippen molar-refractivity contribution in [2.45, 2.75) is 45.8 Å². The third kappa shape index (κ3) is 3.72. The third-order valence-electron chi connectivity index (χ3n) is 5.09. The van der Waals surface area contributed by atoms with Crippen LogP contribution in [0.3, 0.4) is 0 Å². The van der Waals surface area contributed by atoms with E-state index in [0.717, 1.165) is 18.4 Å². The van der Waals surface area contributed by atoms with Crippen LogP contribution in [0.1, 0.15) is 45.2 Å². The van der Waals surface area contributed by atoms with E-state index in [4.69, 9.17) is 9.47 Å². The first-order valence-corrected chi connectivity index (χ1v) is 9.28. The summed E-state index contributed by atoms with van der Waals surface area (Å²) in [5.41, 5.74) is 0.211. The Labute approximate surface area is 159 Å². The molecule has 146 valence electrons. The number of rotatable bonds is 5. The first kappa shape index (κ1) is 19.4. The van der Waals surface area contributed by atoms with E-state index in [-0.39, 0.29) is 17.5 Å². The van der Waals surface area contributed by atoms with Crippen LogP contribution in [0.2, 0.25) is 0 Å². The van der Waals surface area contributed by atoms with Crippen LogP contribution in [-0.4, -0.2) is 48.1 Å². The normalized spacial score (nSPS) is 23.3. The maximum Gasteiger partial charge on any atom is 0.290 e. The Kier molecular flexibility index (Phi) is 5.29. The number of nitrogens with zero attached hydrogens (tertiary/aromatic N) is 1. The summed E-state index contributed by atoms with van der Waals surface area (Å²) >= 11 is 0. The number of carbonyl (C=O) groups excluding carboxylic acids is 2. The SMILES string of the molecule is COc1ccc(C2C(C(=O)C(C)(C)C)=C(O)C(=O)N2CC2CCCO2)cc1. The van der Waals surface area contributed by atoms with Crippen molar-refractivity contribution in [3.63, 3.8) is 0 Å². The first-order valence-electron chi connectivity index (χ1n) is 9.28. The van der Waals surface area contributed by atoms with Crippen LogP contribution < -0.4 is 4.74 Å². The number of hydrogen-bond acceptors (Lipinski definition) is 5. The Hall–Kier alpha value is -2.34. The fraction of sp³-hybridized carbons (Fsp3) is 0.524. The van der Waals surface area contributed by atoms with Gasteiger partial charge >= 0.3 is 0 Å². The summed E-state index contributed by atoms with van der Waals surface area (Å²) in [7, 11) is 1.58. The van der Waals surface area contributed by atoms with Crippen molar-refractivity contribution >= 4 is 11.7 Å². The highest BCUT2D eigenvalue weighted by molar-refractivity contribution is 6.10. The van der Waals surface area contributed by atoms with Crippen molar-refractivity contribution in [3.05, 3.63) is 41.2 Å². The molecule has 2 unspecified atom stereocenters. The molecule has 6 heteroatoms. The van der Waals surface area contributed by atoms with Crippen LogP contribution in [-0.2, 0) is 14.3 Å². The summed E-state index contributed by atoms with van der Waals surface area (Å²) in [5, 5.41) is 10.6. The largest absolute Gasteiger partial charge is 0.503 e. The molecule has 1 amide bonds. The number of hydrogen-bond donors (Lipinski definition) is 1. The van der Waals surface area contributed by atoms with Crippen molar-refractivity contribution in [1.82, 2.24) is 4.90 Å². The van der Waals surface area contributed by atoms with Gasteiger partial charge in [0.25, 0.3) is 5.91 Å². The predicted molar refractivity (Wildman–Crippen MR) is 101 cm³/mol. The van der Waals surface area contributed by atoms with Gasteiger partial charge in [0.2, 0.25) is 0 Å². The Morgan fingerprint density at radius 1 is 1.30 bits per heavy atom. The number of methoxy groups -OCH3 is 1. The minimum absolute atomic E-state index is 0.0772. The van der Waals surface area contributed by atoms with Crippen molar-refractivity contribution in [1.29, 1.82) is 0 Å². The lowest BCUT2D eigenvalue weighted by molar-refractivity contribution is -0.131. The molecule has 0 aromatic heterocycles. The quantitative estimate of drug-likeness (QED) is 0.858. The van der Waals surface area contributed by atoms with E-state index in [1.165, 1.54) is 0 Å². The maximum atomic E-state index is 13.1. The molecule has 6 nitrogen and oxygen atoms in total. The Balaban J connectivity index is 2.02. The van der Waals surface area contributed by atoms with Crippen molar-refractivity contribution in [3.8, 4) is 5.75 Å². The molecule has 0 aliphatic carbocycles. The molecule has 1 N–H and O–H groups in total. The van der Waals surface area contributed by atoms with Gasteiger partial charge in [0, 0.05) is 18.6 Å². The van der Waals surface area contributed by atoms with Gasteiger partial charge in [-0.3, -0.25) is 9.59 Å². The zero-order valence-electron chi connectivity index (χ0n) is 16.3. The van der Waals surface area contributed by atoms with E-state index in [9.17, 15) is 14.7 Å². The van der Waals surface area contributed by atoms with E-state index < -0.39 is 23.1 Å². The Morgan fingerprint density at radius 3 is 2.48 bits per heavy atom. The van der Waals surface area contributed by atoms with Gasteiger partial charge in [0.05, 0.1) is 24.8 Å². The number of amides is 1. The molecule has 0 spiro atoms. The highest BCUT2D eigenvalue weighted by Crippen LogP contribution is 2.41. The second kappa shape index (κ2) is 7.35. The van der Waals surface area contributed by atoms with E-state index in [1.807, 2.05) is 12.1 Å². The standard InChI is InChI=1S/C21H27NO5/c1-21(2,3)19(24)16-17(13-7-9-14(26-4)10-8-13)22(20(25)18(16)23)12-15-6-5-11-27-15/h7-10,15,17,23H,5-6,11-12H2,1-4H3. The average molecular weight is 373 g/mol. The molecule has 2 atom stereocenters. The van der Waals surface area contributed by atoms with Gasteiger partial charge in [-0.1, -0.05) is 32.9 Å². The van der Waals surface area contributed by atoms with Crippen LogP contribution in [0.4, 0.5) is 0 Å². The second-order valence-electron chi connectivity index (χ2n) is 8.11. The Bertz CT molecular complexity index is 754. The van der Waals surface area contributed by atoms with Crippen LogP contribution in [0.5, 0.6) is 5.75 Å². The smallest absolute Gasteiger partial charge is 0.290 e. The molecule has 2 heterocycles. The fourth-order valence-electron chi connectivity index (χ4n) is 3.62. The average Bonchev–Trinajstić information content (AvgIpc) is 3.23. The van der Waals surface area contributed by atoms with Crippen LogP contribution >= 0.6 is 0 Å². The predicted octanol–water partition coefficient (Wildman–Crippen LogP) is 3.18. The zero-order valence-corrected chi connectivity index (χ0v) is 16.3. The van der Waals surface area contributed by atoms with Crippen molar-refractivity contribution in [2.24, 2.45) is 5.41 Å². The number of benzene rings is 1. The van der Waals surface area contributed by atoms with E-state index in [0.29, 0.717) is 18.9 Å². The van der Waals surface area contributed by atoms with Crippen molar-refractivity contribution < 1.29 is 24.2 Å². The number of aliphatic hydroxyl groups excluding tert-OH is 1. The van der Waals surface area contributed by atoms with E-state index in [1.54, 1.807) is 44.9 Å². The summed E-state index contributed by atoms with van der Waals surface area (Å²) < 4.78 is 10.9. The highest BCUT2D eigenvalue weighted by atomic mass is 16.5. The van der Waals surface area contributed by atoms with E-state index >= 15 is 0 Å². The molecule has 3 rings (SSSR count). The minimum atomic E-state index is -0.714. The zero-order chi connectivity index (χ0) is 19.8. The van der Waals surface area contributed by atoms with Gasteiger partial charge in [0.1, 0.15) is 5.75 Å². The number of ketones is 1. The van der Waals surface area contributed by atoms with Gasteiger partial charge in [0.15, 0.2) is 11.5 Å². The highest BCUT2D eigenvalue weighted by Gasteiger charge is 2.46. The van der Waals surface area contributed by atoms with Gasteiger partial charge in [-0.25, -0.2) is 0 Å². The summed E-state index contributed by atoms with van der Waals surface area (Å²) in [4.78, 5) is 27.4. The lowest BCUT2D eigenvalue weighted by Crippen LogP contribution is -2.38. The van der Waals surface area contributed by atoms with Crippen LogP contribution in [0.25, 0.3) is 0 Å². The summed E-state index contributed by atoms with van der Waals surface area (Å²) in [6.45, 7) is 6.38. The van der Waals surface area contributed by atoms with E-state index in [2.05, 4.69) is 0 Å². The monoisotopic (exact) mass is 373 g/mol. The lowest BCUT2D eigenvalue weighted by Gasteiger charge is -2.30. The van der Waals surface area contributed by atoms with Gasteiger partial charge < -0.3 is 19.5 Å². The molecule has 0 radical (unpaired) electrons. The minimum Gasteiger partial charge on any atom is -0.503 e. The maximum absolute atomic E-state index is 13.1. The molecule has 1 fully saturated rings. The Morgan fingerprint density at radius 2 is 1.96 bits per heavy atom. The number of aliphatic hydroxyl groups is 1.